The number of H-pyrrole nitrogens is 1. The third kappa shape index (κ3) is 1.40. The lowest BCUT2D eigenvalue weighted by molar-refractivity contribution is 0.337. The predicted octanol–water partition coefficient (Wildman–Crippen LogP) is 0.0290. The molecule has 1 aromatic rings. The highest BCUT2D eigenvalue weighted by atomic mass is 15.4. The van der Waals surface area contributed by atoms with Crippen molar-refractivity contribution in [3.63, 3.8) is 0 Å². The zero-order valence-electron chi connectivity index (χ0n) is 6.88. The maximum Gasteiger partial charge on any atom is 0.170 e. The Morgan fingerprint density at radius 1 is 1.50 bits per heavy atom. The molecular weight excluding hydrogens is 154 g/mol. The second-order valence-corrected chi connectivity index (χ2v) is 3.16. The number of nitrogens with zero attached hydrogens (tertiary/aromatic N) is 2. The summed E-state index contributed by atoms with van der Waals surface area (Å²) in [4.78, 5) is 0. The van der Waals surface area contributed by atoms with E-state index in [0.717, 1.165) is 12.2 Å². The highest BCUT2D eigenvalue weighted by molar-refractivity contribution is 5.31. The molecule has 0 amide bonds. The number of aromatic nitrogens is 3. The molecule has 1 aliphatic rings. The molecule has 1 saturated carbocycles. The van der Waals surface area contributed by atoms with E-state index in [0.29, 0.717) is 11.9 Å². The number of rotatable bonds is 3. The number of hydrogen-bond acceptors (Lipinski definition) is 4. The summed E-state index contributed by atoms with van der Waals surface area (Å²) in [5.74, 6) is 0.502. The van der Waals surface area contributed by atoms with Crippen LogP contribution < -0.4 is 11.1 Å². The topological polar surface area (TPSA) is 79.6 Å². The van der Waals surface area contributed by atoms with Crippen LogP contribution in [0.5, 0.6) is 0 Å². The minimum atomic E-state index is 0.502. The molecular formula is C7H13N5. The van der Waals surface area contributed by atoms with Crippen molar-refractivity contribution in [1.82, 2.24) is 20.7 Å². The molecule has 5 heteroatoms. The van der Waals surface area contributed by atoms with Crippen LogP contribution >= 0.6 is 0 Å². The fourth-order valence-electron chi connectivity index (χ4n) is 1.24. The van der Waals surface area contributed by atoms with E-state index in [1.54, 1.807) is 0 Å². The summed E-state index contributed by atoms with van der Waals surface area (Å²) in [6.07, 6.45) is 3.89. The van der Waals surface area contributed by atoms with E-state index < -0.39 is 0 Å². The van der Waals surface area contributed by atoms with Crippen molar-refractivity contribution < 1.29 is 0 Å². The second-order valence-electron chi connectivity index (χ2n) is 3.16. The van der Waals surface area contributed by atoms with Crippen LogP contribution in [0.4, 0.5) is 5.82 Å². The lowest BCUT2D eigenvalue weighted by Gasteiger charge is -2.26. The summed E-state index contributed by atoms with van der Waals surface area (Å²) in [5.41, 5.74) is 6.36. The Labute approximate surface area is 70.7 Å². The van der Waals surface area contributed by atoms with Gasteiger partial charge in [0, 0.05) is 12.6 Å². The Balaban J connectivity index is 1.82. The molecule has 1 heterocycles. The first-order chi connectivity index (χ1) is 5.86. The van der Waals surface area contributed by atoms with Crippen molar-refractivity contribution in [2.75, 3.05) is 5.73 Å². The molecule has 12 heavy (non-hydrogen) atoms. The van der Waals surface area contributed by atoms with Crippen LogP contribution in [0.1, 0.15) is 25.0 Å². The van der Waals surface area contributed by atoms with Gasteiger partial charge in [-0.2, -0.15) is 10.3 Å². The van der Waals surface area contributed by atoms with E-state index in [9.17, 15) is 0 Å². The first-order valence-electron chi connectivity index (χ1n) is 4.25. The second kappa shape index (κ2) is 3.10. The van der Waals surface area contributed by atoms with Gasteiger partial charge in [-0.05, 0) is 12.8 Å². The molecule has 1 aromatic heterocycles. The number of nitrogens with two attached hydrogens (primary N) is 1. The SMILES string of the molecule is Nc1n[nH]nc1CNC1CCC1. The van der Waals surface area contributed by atoms with Crippen molar-refractivity contribution in [2.45, 2.75) is 31.8 Å². The van der Waals surface area contributed by atoms with Crippen LogP contribution in [-0.2, 0) is 6.54 Å². The van der Waals surface area contributed by atoms with E-state index in [-0.39, 0.29) is 0 Å². The third-order valence-corrected chi connectivity index (χ3v) is 2.31. The molecule has 0 bridgehead atoms. The number of nitrogens with one attached hydrogen (secondary N) is 2. The first kappa shape index (κ1) is 7.54. The van der Waals surface area contributed by atoms with E-state index >= 15 is 0 Å². The van der Waals surface area contributed by atoms with Crippen molar-refractivity contribution in [2.24, 2.45) is 0 Å². The highest BCUT2D eigenvalue weighted by Gasteiger charge is 2.17. The normalized spacial score (nSPS) is 17.7. The average Bonchev–Trinajstić information content (AvgIpc) is 2.33. The fraction of sp³-hybridized carbons (Fsp3) is 0.714. The molecule has 5 nitrogen and oxygen atoms in total. The van der Waals surface area contributed by atoms with Crippen molar-refractivity contribution in [3.05, 3.63) is 5.69 Å². The van der Waals surface area contributed by atoms with Crippen LogP contribution in [0.15, 0.2) is 0 Å². The molecule has 0 saturated heterocycles. The quantitative estimate of drug-likeness (QED) is 0.593. The van der Waals surface area contributed by atoms with Gasteiger partial charge in [-0.25, -0.2) is 0 Å². The number of nitrogen functional groups attached to an aromatic ring is 1. The van der Waals surface area contributed by atoms with Gasteiger partial charge in [0.15, 0.2) is 5.82 Å². The summed E-state index contributed by atoms with van der Waals surface area (Å²) in [6.45, 7) is 0.729. The molecule has 4 N–H and O–H groups in total. The number of aromatic amines is 1. The van der Waals surface area contributed by atoms with Gasteiger partial charge < -0.3 is 11.1 Å². The monoisotopic (exact) mass is 167 g/mol. The van der Waals surface area contributed by atoms with Gasteiger partial charge in [0.05, 0.1) is 0 Å². The van der Waals surface area contributed by atoms with E-state index in [2.05, 4.69) is 20.7 Å². The van der Waals surface area contributed by atoms with E-state index in [4.69, 9.17) is 5.73 Å². The van der Waals surface area contributed by atoms with Crippen molar-refractivity contribution >= 4 is 5.82 Å². The molecule has 0 aliphatic heterocycles. The molecule has 1 aliphatic carbocycles. The molecule has 0 atom stereocenters. The minimum Gasteiger partial charge on any atom is -0.381 e. The molecule has 2 rings (SSSR count). The van der Waals surface area contributed by atoms with Crippen LogP contribution in [0.2, 0.25) is 0 Å². The van der Waals surface area contributed by atoms with Crippen molar-refractivity contribution in [3.8, 4) is 0 Å². The molecule has 0 radical (unpaired) electrons. The van der Waals surface area contributed by atoms with Crippen LogP contribution in [0.3, 0.4) is 0 Å². The van der Waals surface area contributed by atoms with Gasteiger partial charge in [0.2, 0.25) is 0 Å². The van der Waals surface area contributed by atoms with Gasteiger partial charge in [0.25, 0.3) is 0 Å². The number of hydrogen-bond donors (Lipinski definition) is 3. The summed E-state index contributed by atoms with van der Waals surface area (Å²) < 4.78 is 0. The van der Waals surface area contributed by atoms with Crippen LogP contribution in [0, 0.1) is 0 Å². The molecule has 0 spiro atoms. The molecule has 0 aromatic carbocycles. The minimum absolute atomic E-state index is 0.502. The maximum atomic E-state index is 5.54. The van der Waals surface area contributed by atoms with Gasteiger partial charge in [-0.3, -0.25) is 0 Å². The third-order valence-electron chi connectivity index (χ3n) is 2.31. The van der Waals surface area contributed by atoms with Crippen LogP contribution in [0.25, 0.3) is 0 Å². The first-order valence-corrected chi connectivity index (χ1v) is 4.25. The maximum absolute atomic E-state index is 5.54. The van der Waals surface area contributed by atoms with Crippen LogP contribution in [-0.4, -0.2) is 21.5 Å². The number of anilines is 1. The lowest BCUT2D eigenvalue weighted by atomic mass is 9.93. The Morgan fingerprint density at radius 2 is 2.33 bits per heavy atom. The van der Waals surface area contributed by atoms with Gasteiger partial charge in [0.1, 0.15) is 5.69 Å². The predicted molar refractivity (Wildman–Crippen MR) is 45.3 cm³/mol. The van der Waals surface area contributed by atoms with Crippen molar-refractivity contribution in [1.29, 1.82) is 0 Å². The Bertz CT molecular complexity index is 252. The van der Waals surface area contributed by atoms with E-state index in [1.807, 2.05) is 0 Å². The summed E-state index contributed by atoms with van der Waals surface area (Å²) in [5, 5.41) is 13.5. The van der Waals surface area contributed by atoms with Gasteiger partial charge in [-0.15, -0.1) is 5.10 Å². The van der Waals surface area contributed by atoms with E-state index in [1.165, 1.54) is 19.3 Å². The molecule has 66 valence electrons. The molecule has 1 fully saturated rings. The standard InChI is InChI=1S/C7H13N5/c8-7-6(10-12-11-7)4-9-5-2-1-3-5/h5,9H,1-4H2,(H3,8,10,11,12). The smallest absolute Gasteiger partial charge is 0.170 e. The zero-order valence-corrected chi connectivity index (χ0v) is 6.88. The average molecular weight is 167 g/mol. The van der Waals surface area contributed by atoms with Gasteiger partial charge >= 0.3 is 0 Å². The summed E-state index contributed by atoms with van der Waals surface area (Å²) >= 11 is 0. The largest absolute Gasteiger partial charge is 0.381 e. The molecule has 0 unspecified atom stereocenters. The lowest BCUT2D eigenvalue weighted by Crippen LogP contribution is -2.34. The summed E-state index contributed by atoms with van der Waals surface area (Å²) in [6, 6.07) is 0.668. The summed E-state index contributed by atoms with van der Waals surface area (Å²) in [7, 11) is 0. The Kier molecular flexibility index (Phi) is 1.95. The van der Waals surface area contributed by atoms with Gasteiger partial charge in [-0.1, -0.05) is 6.42 Å². The zero-order chi connectivity index (χ0) is 8.39. The Morgan fingerprint density at radius 3 is 2.83 bits per heavy atom. The fourth-order valence-corrected chi connectivity index (χ4v) is 1.24. The Hall–Kier alpha value is -1.10. The highest BCUT2D eigenvalue weighted by Crippen LogP contribution is 2.18.